The summed E-state index contributed by atoms with van der Waals surface area (Å²) >= 11 is 0. The lowest BCUT2D eigenvalue weighted by Crippen LogP contribution is -2.17. The molecule has 0 heterocycles. The number of hydrogen-bond acceptors (Lipinski definition) is 3. The van der Waals surface area contributed by atoms with Crippen LogP contribution in [0.5, 0.6) is 0 Å². The number of rotatable bonds is 3. The van der Waals surface area contributed by atoms with Crippen LogP contribution in [0.15, 0.2) is 5.11 Å². The molecule has 0 aliphatic carbocycles. The molecule has 0 bridgehead atoms. The molecule has 0 aromatic rings. The molecule has 0 aliphatic heterocycles. The van der Waals surface area contributed by atoms with Crippen molar-refractivity contribution in [3.63, 3.8) is 0 Å². The fraction of sp³-hybridized carbons (Fsp3) is 0.500. The number of esters is 1. The summed E-state index contributed by atoms with van der Waals surface area (Å²) in [7, 11) is 0. The van der Waals surface area contributed by atoms with E-state index in [1.165, 1.54) is 6.92 Å². The van der Waals surface area contributed by atoms with Crippen LogP contribution in [-0.2, 0) is 9.53 Å². The third-order valence-corrected chi connectivity index (χ3v) is 0.864. The highest BCUT2D eigenvalue weighted by molar-refractivity contribution is 5.75. The van der Waals surface area contributed by atoms with Crippen molar-refractivity contribution >= 4 is 5.97 Å². The van der Waals surface area contributed by atoms with Crippen molar-refractivity contribution in [1.29, 1.82) is 0 Å². The quantitative estimate of drug-likeness (QED) is 0.198. The molecular formula is C6H7N3O2. The summed E-state index contributed by atoms with van der Waals surface area (Å²) in [5.74, 6) is 1.51. The van der Waals surface area contributed by atoms with Gasteiger partial charge in [0.1, 0.15) is 6.04 Å². The van der Waals surface area contributed by atoms with Crippen LogP contribution in [0.3, 0.4) is 0 Å². The van der Waals surface area contributed by atoms with E-state index in [2.05, 4.69) is 20.7 Å². The molecule has 58 valence electrons. The fourth-order valence-electron chi connectivity index (χ4n) is 0.358. The van der Waals surface area contributed by atoms with Gasteiger partial charge in [-0.1, -0.05) is 11.0 Å². The molecule has 5 nitrogen and oxygen atoms in total. The molecule has 1 atom stereocenters. The van der Waals surface area contributed by atoms with Crippen LogP contribution in [0.1, 0.15) is 6.92 Å². The fourth-order valence-corrected chi connectivity index (χ4v) is 0.358. The first-order chi connectivity index (χ1) is 5.22. The highest BCUT2D eigenvalue weighted by Gasteiger charge is 2.10. The van der Waals surface area contributed by atoms with Gasteiger partial charge >= 0.3 is 5.97 Å². The van der Waals surface area contributed by atoms with Gasteiger partial charge in [0.15, 0.2) is 6.61 Å². The lowest BCUT2D eigenvalue weighted by atomic mass is 10.4. The van der Waals surface area contributed by atoms with Gasteiger partial charge in [0.2, 0.25) is 0 Å². The number of nitrogens with zero attached hydrogens (tertiary/aromatic N) is 3. The lowest BCUT2D eigenvalue weighted by Gasteiger charge is -2.01. The van der Waals surface area contributed by atoms with Crippen molar-refractivity contribution in [3.8, 4) is 12.3 Å². The zero-order valence-corrected chi connectivity index (χ0v) is 6.02. The average Bonchev–Trinajstić information content (AvgIpc) is 2.00. The highest BCUT2D eigenvalue weighted by atomic mass is 16.5. The summed E-state index contributed by atoms with van der Waals surface area (Å²) in [6.07, 6.45) is 4.82. The maximum absolute atomic E-state index is 10.7. The van der Waals surface area contributed by atoms with Crippen LogP contribution < -0.4 is 0 Å². The van der Waals surface area contributed by atoms with Crippen LogP contribution in [-0.4, -0.2) is 18.6 Å². The minimum Gasteiger partial charge on any atom is -0.452 e. The first-order valence-electron chi connectivity index (χ1n) is 2.86. The van der Waals surface area contributed by atoms with E-state index < -0.39 is 12.0 Å². The van der Waals surface area contributed by atoms with Crippen LogP contribution in [0.2, 0.25) is 0 Å². The van der Waals surface area contributed by atoms with E-state index in [4.69, 9.17) is 12.0 Å². The van der Waals surface area contributed by atoms with E-state index in [-0.39, 0.29) is 6.61 Å². The molecule has 0 saturated heterocycles. The molecule has 0 amide bonds. The van der Waals surface area contributed by atoms with Crippen molar-refractivity contribution < 1.29 is 9.53 Å². The molecule has 1 unspecified atom stereocenters. The Morgan fingerprint density at radius 1 is 2.00 bits per heavy atom. The Balaban J connectivity index is 3.85. The largest absolute Gasteiger partial charge is 0.452 e. The zero-order valence-electron chi connectivity index (χ0n) is 6.02. The van der Waals surface area contributed by atoms with Gasteiger partial charge < -0.3 is 4.74 Å². The lowest BCUT2D eigenvalue weighted by molar-refractivity contribution is -0.143. The first kappa shape index (κ1) is 9.34. The summed E-state index contributed by atoms with van der Waals surface area (Å²) in [6.45, 7) is 1.34. The van der Waals surface area contributed by atoms with Gasteiger partial charge in [0, 0.05) is 4.91 Å². The predicted molar refractivity (Wildman–Crippen MR) is 38.4 cm³/mol. The minimum absolute atomic E-state index is 0.0931. The van der Waals surface area contributed by atoms with Gasteiger partial charge in [0.25, 0.3) is 0 Å². The molecule has 0 fully saturated rings. The van der Waals surface area contributed by atoms with E-state index in [9.17, 15) is 4.79 Å². The highest BCUT2D eigenvalue weighted by Crippen LogP contribution is 1.92. The monoisotopic (exact) mass is 153 g/mol. The van der Waals surface area contributed by atoms with Crippen molar-refractivity contribution in [2.45, 2.75) is 13.0 Å². The number of hydrogen-bond donors (Lipinski definition) is 0. The SMILES string of the molecule is C#CCOC(=O)C(C)N=[N+]=[N-]. The normalized spacial score (nSPS) is 10.5. The maximum atomic E-state index is 10.7. The molecule has 0 saturated carbocycles. The van der Waals surface area contributed by atoms with Gasteiger partial charge in [0.05, 0.1) is 0 Å². The molecule has 5 heteroatoms. The number of ether oxygens (including phenoxy) is 1. The van der Waals surface area contributed by atoms with Gasteiger partial charge in [-0.2, -0.15) is 0 Å². The standard InChI is InChI=1S/C6H7N3O2/c1-3-4-11-6(10)5(2)8-9-7/h1,5H,4H2,2H3. The second kappa shape index (κ2) is 5.15. The van der Waals surface area contributed by atoms with E-state index in [0.29, 0.717) is 0 Å². The van der Waals surface area contributed by atoms with Crippen molar-refractivity contribution in [2.24, 2.45) is 5.11 Å². The van der Waals surface area contributed by atoms with E-state index in [0.717, 1.165) is 0 Å². The Kier molecular flexibility index (Phi) is 4.37. The molecule has 0 aromatic heterocycles. The van der Waals surface area contributed by atoms with Gasteiger partial charge in [-0.25, -0.2) is 0 Å². The first-order valence-corrected chi connectivity index (χ1v) is 2.86. The van der Waals surface area contributed by atoms with E-state index >= 15 is 0 Å². The molecule has 11 heavy (non-hydrogen) atoms. The van der Waals surface area contributed by atoms with E-state index in [1.807, 2.05) is 0 Å². The minimum atomic E-state index is -0.812. The molecule has 0 spiro atoms. The Morgan fingerprint density at radius 3 is 3.09 bits per heavy atom. The number of azide groups is 1. The topological polar surface area (TPSA) is 75.1 Å². The Labute approximate surface area is 64.0 Å². The molecule has 0 radical (unpaired) electrons. The van der Waals surface area contributed by atoms with Crippen LogP contribution in [0.25, 0.3) is 10.4 Å². The number of carbonyl (C=O) groups excluding carboxylic acids is 1. The summed E-state index contributed by atoms with van der Waals surface area (Å²) in [5, 5.41) is 3.11. The molecule has 0 aromatic carbocycles. The Bertz CT molecular complexity index is 224. The van der Waals surface area contributed by atoms with Gasteiger partial charge in [-0.15, -0.1) is 6.42 Å². The van der Waals surface area contributed by atoms with Gasteiger partial charge in [-0.3, -0.25) is 4.79 Å². The van der Waals surface area contributed by atoms with Crippen LogP contribution >= 0.6 is 0 Å². The molecule has 0 rings (SSSR count). The van der Waals surface area contributed by atoms with Crippen molar-refractivity contribution in [1.82, 2.24) is 0 Å². The van der Waals surface area contributed by atoms with Gasteiger partial charge in [-0.05, 0) is 12.5 Å². The van der Waals surface area contributed by atoms with Crippen molar-refractivity contribution in [3.05, 3.63) is 10.4 Å². The second-order valence-electron chi connectivity index (χ2n) is 1.69. The predicted octanol–water partition coefficient (Wildman–Crippen LogP) is 0.862. The third kappa shape index (κ3) is 3.84. The number of carbonyl (C=O) groups is 1. The smallest absolute Gasteiger partial charge is 0.315 e. The zero-order chi connectivity index (χ0) is 8.69. The second-order valence-corrected chi connectivity index (χ2v) is 1.69. The number of terminal acetylenes is 1. The molecule has 0 aliphatic rings. The summed E-state index contributed by atoms with van der Waals surface area (Å²) < 4.78 is 4.47. The maximum Gasteiger partial charge on any atom is 0.315 e. The Hall–Kier alpha value is -1.66. The van der Waals surface area contributed by atoms with E-state index in [1.54, 1.807) is 0 Å². The van der Waals surface area contributed by atoms with Crippen LogP contribution in [0, 0.1) is 12.3 Å². The van der Waals surface area contributed by atoms with Crippen molar-refractivity contribution in [2.75, 3.05) is 6.61 Å². The third-order valence-electron chi connectivity index (χ3n) is 0.864. The Morgan fingerprint density at radius 2 is 2.64 bits per heavy atom. The summed E-state index contributed by atoms with van der Waals surface area (Å²) in [4.78, 5) is 13.1. The molecular weight excluding hydrogens is 146 g/mol. The summed E-state index contributed by atoms with van der Waals surface area (Å²) in [5.41, 5.74) is 7.92. The summed E-state index contributed by atoms with van der Waals surface area (Å²) in [6, 6.07) is -0.812. The average molecular weight is 153 g/mol. The molecule has 0 N–H and O–H groups in total. The van der Waals surface area contributed by atoms with Crippen LogP contribution in [0.4, 0.5) is 0 Å².